The summed E-state index contributed by atoms with van der Waals surface area (Å²) in [6, 6.07) is 54.7. The highest BCUT2D eigenvalue weighted by molar-refractivity contribution is 9.69. The molecule has 376 valence electrons. The summed E-state index contributed by atoms with van der Waals surface area (Å²) in [6.45, 7) is 0. The fraction of sp³-hybridized carbons (Fsp3) is 0.0566. The molecule has 0 fully saturated rings. The van der Waals surface area contributed by atoms with E-state index in [0.29, 0.717) is 68.7 Å². The summed E-state index contributed by atoms with van der Waals surface area (Å²) in [7, 11) is 3.23. The number of methoxy groups -OCH3 is 2. The minimum absolute atomic E-state index is 0.169. The van der Waals surface area contributed by atoms with Gasteiger partial charge in [-0.15, -0.1) is 70.5 Å². The van der Waals surface area contributed by atoms with E-state index in [0.717, 1.165) is 11.5 Å². The first-order chi connectivity index (χ1) is 35.3. The summed E-state index contributed by atoms with van der Waals surface area (Å²) in [4.78, 5) is 24.6. The van der Waals surface area contributed by atoms with Crippen molar-refractivity contribution in [2.24, 2.45) is 0 Å². The summed E-state index contributed by atoms with van der Waals surface area (Å²) in [6.07, 6.45) is 0. The first kappa shape index (κ1) is 56.7. The van der Waals surface area contributed by atoms with Gasteiger partial charge in [0.15, 0.2) is 0 Å². The lowest BCUT2D eigenvalue weighted by atomic mass is 10.3. The first-order valence-corrected chi connectivity index (χ1v) is 25.3. The fourth-order valence-corrected chi connectivity index (χ4v) is 5.87. The van der Waals surface area contributed by atoms with Gasteiger partial charge in [-0.25, -0.2) is 9.59 Å². The van der Waals surface area contributed by atoms with Crippen molar-refractivity contribution in [3.8, 4) is 69.0 Å². The SMILES string of the molecule is BrB(Br)Br.COc1ccc(Oc2ccc(NC(=O)Nc3ccc(Oc4ccc(OC)cc4)cc3)cc2)cc1.ClCCl.O=C(Nc1ccc(Oc2ccc(O)cc2)cc1)Nc1ccc(Oc2ccc(O)cc2)cc1. The number of phenolic OH excluding ortho intramolecular Hbond substituents is 2. The van der Waals surface area contributed by atoms with Crippen LogP contribution in [0.3, 0.4) is 0 Å². The number of anilines is 4. The van der Waals surface area contributed by atoms with Gasteiger partial charge in [-0.05, 0) is 194 Å². The van der Waals surface area contributed by atoms with E-state index in [1.54, 1.807) is 160 Å². The molecule has 8 rings (SSSR count). The van der Waals surface area contributed by atoms with Crippen molar-refractivity contribution in [3.63, 3.8) is 0 Å². The van der Waals surface area contributed by atoms with Gasteiger partial charge >= 0.3 is 15.2 Å². The standard InChI is InChI=1S/C27H24N2O5.C25H20N2O5.CH2Cl2.BBr3/c1-31-21-11-15-25(16-12-21)33-23-7-3-19(4-8-23)28-27(30)29-20-5-9-24(10-6-20)34-26-17-13-22(32-2)14-18-26;28-19-5-13-23(14-6-19)31-21-9-1-17(2-10-21)26-25(30)27-18-3-11-22(12-4-18)32-24-15-7-20(29)8-16-24;2-1-3;2-1(3)4/h3-18H,1-2H3,(H2,28,29,30);1-16,28-29H,(H2,26,27,30);1H2;. The molecule has 0 aliphatic carbocycles. The Kier molecular flexibility index (Phi) is 23.8. The van der Waals surface area contributed by atoms with Crippen molar-refractivity contribution < 1.29 is 48.2 Å². The van der Waals surface area contributed by atoms with Crippen LogP contribution in [-0.4, -0.2) is 45.0 Å². The average molecular weight is 1220 g/mol. The van der Waals surface area contributed by atoms with Gasteiger partial charge in [0, 0.05) is 22.7 Å². The van der Waals surface area contributed by atoms with E-state index in [4.69, 9.17) is 51.6 Å². The number of ether oxygens (including phenoxy) is 6. The lowest BCUT2D eigenvalue weighted by Gasteiger charge is -2.10. The van der Waals surface area contributed by atoms with Gasteiger partial charge in [0.1, 0.15) is 69.0 Å². The van der Waals surface area contributed by atoms with Crippen LogP contribution in [0, 0.1) is 0 Å². The molecule has 0 aliphatic rings. The number of alkyl halides is 2. The Morgan fingerprint density at radius 1 is 0.370 bits per heavy atom. The third-order valence-corrected chi connectivity index (χ3v) is 9.18. The van der Waals surface area contributed by atoms with Crippen LogP contribution in [-0.2, 0) is 0 Å². The monoisotopic (exact) mass is 1220 g/mol. The molecule has 0 unspecified atom stereocenters. The highest BCUT2D eigenvalue weighted by atomic mass is 79.9. The summed E-state index contributed by atoms with van der Waals surface area (Å²) in [5.41, 5.74) is 2.48. The van der Waals surface area contributed by atoms with Gasteiger partial charge in [-0.2, -0.15) is 0 Å². The molecule has 8 aromatic carbocycles. The molecule has 0 heterocycles. The topological polar surface area (TPSA) is 178 Å². The molecule has 0 saturated carbocycles. The summed E-state index contributed by atoms with van der Waals surface area (Å²) < 4.78 is 33.5. The number of phenols is 2. The molecule has 0 aliphatic heterocycles. The molecule has 14 nitrogen and oxygen atoms in total. The van der Waals surface area contributed by atoms with E-state index in [-0.39, 0.29) is 32.1 Å². The third-order valence-electron chi connectivity index (χ3n) is 9.18. The molecular weight excluding hydrogens is 1170 g/mol. The molecule has 20 heteroatoms. The third kappa shape index (κ3) is 21.6. The van der Waals surface area contributed by atoms with Crippen molar-refractivity contribution in [3.05, 3.63) is 194 Å². The van der Waals surface area contributed by atoms with Crippen LogP contribution < -0.4 is 49.7 Å². The number of urea groups is 2. The average Bonchev–Trinajstić information content (AvgIpc) is 3.38. The maximum Gasteiger partial charge on any atom is 0.369 e. The normalized spacial score (nSPS) is 9.85. The van der Waals surface area contributed by atoms with E-state index in [9.17, 15) is 19.8 Å². The van der Waals surface area contributed by atoms with Crippen LogP contribution in [0.1, 0.15) is 0 Å². The molecular formula is C53H46BBr3Cl2N4O10. The van der Waals surface area contributed by atoms with Crippen LogP contribution >= 0.6 is 70.5 Å². The molecule has 8 aromatic rings. The number of benzene rings is 8. The molecule has 6 N–H and O–H groups in total. The quantitative estimate of drug-likeness (QED) is 0.0454. The predicted octanol–water partition coefficient (Wildman–Crippen LogP) is 16.8. The van der Waals surface area contributed by atoms with Crippen molar-refractivity contribution in [2.45, 2.75) is 0 Å². The van der Waals surface area contributed by atoms with Crippen LogP contribution in [0.5, 0.6) is 69.0 Å². The fourth-order valence-electron chi connectivity index (χ4n) is 5.87. The summed E-state index contributed by atoms with van der Waals surface area (Å²) >= 11 is 18.8. The summed E-state index contributed by atoms with van der Waals surface area (Å²) in [5.74, 6) is 6.96. The van der Waals surface area contributed by atoms with Crippen LogP contribution in [0.2, 0.25) is 0 Å². The van der Waals surface area contributed by atoms with Crippen molar-refractivity contribution >= 4 is 108 Å². The molecule has 0 aromatic heterocycles. The maximum absolute atomic E-state index is 12.3. The molecule has 0 radical (unpaired) electrons. The lowest BCUT2D eigenvalue weighted by molar-refractivity contribution is 0.261. The number of halogens is 5. The molecule has 4 amide bonds. The summed E-state index contributed by atoms with van der Waals surface area (Å²) in [5, 5.41) is 29.9. The lowest BCUT2D eigenvalue weighted by Crippen LogP contribution is -2.19. The Morgan fingerprint density at radius 2 is 0.521 bits per heavy atom. The minimum Gasteiger partial charge on any atom is -0.508 e. The van der Waals surface area contributed by atoms with Crippen molar-refractivity contribution in [1.29, 1.82) is 0 Å². The number of hydrogen-bond acceptors (Lipinski definition) is 10. The first-order valence-electron chi connectivity index (χ1n) is 21.5. The molecule has 0 atom stereocenters. The zero-order chi connectivity index (χ0) is 52.4. The van der Waals surface area contributed by atoms with E-state index < -0.39 is 0 Å². The van der Waals surface area contributed by atoms with Crippen LogP contribution in [0.25, 0.3) is 0 Å². The zero-order valence-corrected chi connectivity index (χ0v) is 45.1. The number of carbonyl (C=O) groups excluding carboxylic acids is 2. The Labute approximate surface area is 457 Å². The van der Waals surface area contributed by atoms with Crippen molar-refractivity contribution in [1.82, 2.24) is 0 Å². The Hall–Kier alpha value is -7.22. The van der Waals surface area contributed by atoms with Gasteiger partial charge in [-0.3, -0.25) is 0 Å². The smallest absolute Gasteiger partial charge is 0.369 e. The highest BCUT2D eigenvalue weighted by Gasteiger charge is 2.08. The molecule has 73 heavy (non-hydrogen) atoms. The van der Waals surface area contributed by atoms with Crippen LogP contribution in [0.15, 0.2) is 194 Å². The van der Waals surface area contributed by atoms with E-state index in [1.165, 1.54) is 0 Å². The Morgan fingerprint density at radius 3 is 0.699 bits per heavy atom. The second-order valence-corrected chi connectivity index (χ2v) is 21.6. The highest BCUT2D eigenvalue weighted by Crippen LogP contribution is 2.29. The van der Waals surface area contributed by atoms with Crippen LogP contribution in [0.4, 0.5) is 32.3 Å². The molecule has 0 bridgehead atoms. The number of rotatable bonds is 14. The van der Waals surface area contributed by atoms with Crippen molar-refractivity contribution in [2.75, 3.05) is 40.8 Å². The maximum atomic E-state index is 12.3. The number of aromatic hydroxyl groups is 2. The van der Waals surface area contributed by atoms with E-state index in [1.807, 2.05) is 48.5 Å². The van der Waals surface area contributed by atoms with E-state index in [2.05, 4.69) is 68.5 Å². The number of amides is 4. The zero-order valence-electron chi connectivity index (χ0n) is 38.8. The van der Waals surface area contributed by atoms with Gasteiger partial charge in [0.05, 0.1) is 19.6 Å². The predicted molar refractivity (Wildman–Crippen MR) is 303 cm³/mol. The van der Waals surface area contributed by atoms with E-state index >= 15 is 0 Å². The largest absolute Gasteiger partial charge is 0.508 e. The second kappa shape index (κ2) is 30.6. The number of hydrogen-bond donors (Lipinski definition) is 6. The van der Waals surface area contributed by atoms with Gasteiger partial charge < -0.3 is 59.9 Å². The van der Waals surface area contributed by atoms with Gasteiger partial charge in [0.25, 0.3) is 0 Å². The minimum atomic E-state index is -0.385. The second-order valence-electron chi connectivity index (χ2n) is 14.4. The molecule has 0 saturated heterocycles. The Bertz CT molecular complexity index is 2690. The Balaban J connectivity index is 0.000000241. The van der Waals surface area contributed by atoms with Gasteiger partial charge in [-0.1, -0.05) is 0 Å². The molecule has 0 spiro atoms. The number of nitrogens with one attached hydrogen (secondary N) is 4. The van der Waals surface area contributed by atoms with Gasteiger partial charge in [0.2, 0.25) is 0 Å². The number of carbonyl (C=O) groups is 2.